The lowest BCUT2D eigenvalue weighted by Crippen LogP contribution is -2.19. The monoisotopic (exact) mass is 286 g/mol. The Balaban J connectivity index is 1.77. The van der Waals surface area contributed by atoms with Crippen LogP contribution in [-0.2, 0) is 6.61 Å². The minimum Gasteiger partial charge on any atom is -0.493 e. The maximum absolute atomic E-state index is 12.1. The summed E-state index contributed by atoms with van der Waals surface area (Å²) >= 11 is 0. The maximum Gasteiger partial charge on any atom is 0.258 e. The molecule has 0 spiro atoms. The lowest BCUT2D eigenvalue weighted by Gasteiger charge is -2.11. The Morgan fingerprint density at radius 1 is 1.24 bits per heavy atom. The summed E-state index contributed by atoms with van der Waals surface area (Å²) in [7, 11) is 0. The predicted molar refractivity (Wildman–Crippen MR) is 78.5 cm³/mol. The smallest absolute Gasteiger partial charge is 0.258 e. The average Bonchev–Trinajstić information content (AvgIpc) is 2.99. The molecule has 1 aliphatic rings. The van der Waals surface area contributed by atoms with Crippen LogP contribution in [0.15, 0.2) is 35.1 Å². The first kappa shape index (κ1) is 13.7. The SMILES string of the molecule is O=c1[nH]c(COc2ccccc2)nc(O)c1C1CCCC1. The van der Waals surface area contributed by atoms with Gasteiger partial charge in [-0.1, -0.05) is 31.0 Å². The van der Waals surface area contributed by atoms with E-state index in [1.165, 1.54) is 0 Å². The molecule has 2 N–H and O–H groups in total. The van der Waals surface area contributed by atoms with E-state index in [0.717, 1.165) is 25.7 Å². The summed E-state index contributed by atoms with van der Waals surface area (Å²) in [4.78, 5) is 18.9. The fraction of sp³-hybridized carbons (Fsp3) is 0.375. The molecule has 1 saturated carbocycles. The fourth-order valence-corrected chi connectivity index (χ4v) is 2.84. The second-order valence-corrected chi connectivity index (χ2v) is 5.33. The van der Waals surface area contributed by atoms with Gasteiger partial charge in [0.05, 0.1) is 5.56 Å². The van der Waals surface area contributed by atoms with Crippen molar-refractivity contribution >= 4 is 0 Å². The zero-order valence-corrected chi connectivity index (χ0v) is 11.7. The van der Waals surface area contributed by atoms with Gasteiger partial charge in [0.25, 0.3) is 5.56 Å². The number of nitrogens with one attached hydrogen (secondary N) is 1. The number of rotatable bonds is 4. The Morgan fingerprint density at radius 2 is 1.95 bits per heavy atom. The molecule has 0 bridgehead atoms. The minimum absolute atomic E-state index is 0.123. The summed E-state index contributed by atoms with van der Waals surface area (Å²) < 4.78 is 5.52. The first-order valence-corrected chi connectivity index (χ1v) is 7.24. The number of H-pyrrole nitrogens is 1. The zero-order chi connectivity index (χ0) is 14.7. The fourth-order valence-electron chi connectivity index (χ4n) is 2.84. The molecule has 5 nitrogen and oxygen atoms in total. The van der Waals surface area contributed by atoms with E-state index in [4.69, 9.17) is 4.74 Å². The van der Waals surface area contributed by atoms with Crippen LogP contribution in [0.1, 0.15) is 43.0 Å². The van der Waals surface area contributed by atoms with Crippen molar-refractivity contribution in [3.63, 3.8) is 0 Å². The minimum atomic E-state index is -0.249. The highest BCUT2D eigenvalue weighted by Gasteiger charge is 2.24. The highest BCUT2D eigenvalue weighted by atomic mass is 16.5. The standard InChI is InChI=1S/C16H18N2O3/c19-15-14(11-6-4-5-7-11)16(20)18-13(17-15)10-21-12-8-2-1-3-9-12/h1-3,8-9,11H,4-7,10H2,(H2,17,18,19,20). The number of para-hydroxylation sites is 1. The molecule has 0 aliphatic heterocycles. The van der Waals surface area contributed by atoms with Gasteiger partial charge in [-0.3, -0.25) is 4.79 Å². The molecule has 1 heterocycles. The molecule has 21 heavy (non-hydrogen) atoms. The number of hydrogen-bond donors (Lipinski definition) is 2. The van der Waals surface area contributed by atoms with Crippen molar-refractivity contribution in [2.75, 3.05) is 0 Å². The predicted octanol–water partition coefficient (Wildman–Crippen LogP) is 2.71. The van der Waals surface area contributed by atoms with Gasteiger partial charge in [0, 0.05) is 0 Å². The van der Waals surface area contributed by atoms with Gasteiger partial charge in [-0.25, -0.2) is 0 Å². The van der Waals surface area contributed by atoms with Crippen molar-refractivity contribution in [3.8, 4) is 11.6 Å². The summed E-state index contributed by atoms with van der Waals surface area (Å²) in [6.07, 6.45) is 4.08. The maximum atomic E-state index is 12.1. The van der Waals surface area contributed by atoms with Crippen molar-refractivity contribution < 1.29 is 9.84 Å². The van der Waals surface area contributed by atoms with Gasteiger partial charge >= 0.3 is 0 Å². The Morgan fingerprint density at radius 3 is 2.62 bits per heavy atom. The van der Waals surface area contributed by atoms with Gasteiger partial charge in [-0.05, 0) is 30.9 Å². The molecule has 1 aromatic carbocycles. The van der Waals surface area contributed by atoms with Crippen LogP contribution in [-0.4, -0.2) is 15.1 Å². The van der Waals surface area contributed by atoms with E-state index >= 15 is 0 Å². The number of aromatic amines is 1. The van der Waals surface area contributed by atoms with E-state index < -0.39 is 0 Å². The van der Waals surface area contributed by atoms with Crippen molar-refractivity contribution in [1.29, 1.82) is 0 Å². The summed E-state index contributed by atoms with van der Waals surface area (Å²) in [6.45, 7) is 0.123. The van der Waals surface area contributed by atoms with Crippen LogP contribution in [0.3, 0.4) is 0 Å². The van der Waals surface area contributed by atoms with E-state index in [1.54, 1.807) is 0 Å². The van der Waals surface area contributed by atoms with Crippen LogP contribution < -0.4 is 10.3 Å². The van der Waals surface area contributed by atoms with Crippen molar-refractivity contribution in [1.82, 2.24) is 9.97 Å². The highest BCUT2D eigenvalue weighted by molar-refractivity contribution is 5.27. The molecule has 0 amide bonds. The molecule has 3 rings (SSSR count). The third-order valence-corrected chi connectivity index (χ3v) is 3.87. The average molecular weight is 286 g/mol. The third-order valence-electron chi connectivity index (χ3n) is 3.87. The van der Waals surface area contributed by atoms with Crippen LogP contribution in [0, 0.1) is 0 Å². The summed E-state index contributed by atoms with van der Waals surface area (Å²) in [5, 5.41) is 10.0. The Hall–Kier alpha value is -2.30. The van der Waals surface area contributed by atoms with E-state index in [1.807, 2.05) is 30.3 Å². The molecule has 5 heteroatoms. The molecular formula is C16H18N2O3. The lowest BCUT2D eigenvalue weighted by molar-refractivity contribution is 0.292. The first-order valence-electron chi connectivity index (χ1n) is 7.24. The van der Waals surface area contributed by atoms with Gasteiger partial charge in [0.15, 0.2) is 5.82 Å². The Labute approximate surface area is 122 Å². The molecule has 110 valence electrons. The molecule has 1 aliphatic carbocycles. The van der Waals surface area contributed by atoms with Gasteiger partial charge < -0.3 is 14.8 Å². The third kappa shape index (κ3) is 3.07. The van der Waals surface area contributed by atoms with Crippen molar-refractivity contribution in [3.05, 3.63) is 52.1 Å². The molecule has 1 aromatic heterocycles. The lowest BCUT2D eigenvalue weighted by atomic mass is 10.00. The largest absolute Gasteiger partial charge is 0.493 e. The van der Waals surface area contributed by atoms with Gasteiger partial charge in [0.1, 0.15) is 12.4 Å². The zero-order valence-electron chi connectivity index (χ0n) is 11.7. The number of ether oxygens (including phenoxy) is 1. The molecule has 0 radical (unpaired) electrons. The summed E-state index contributed by atoms with van der Waals surface area (Å²) in [5.74, 6) is 1.00. The van der Waals surface area contributed by atoms with Crippen LogP contribution in [0.4, 0.5) is 0 Å². The molecule has 0 atom stereocenters. The molecular weight excluding hydrogens is 268 g/mol. The highest BCUT2D eigenvalue weighted by Crippen LogP contribution is 2.35. The second kappa shape index (κ2) is 5.99. The summed E-state index contributed by atoms with van der Waals surface area (Å²) in [6, 6.07) is 9.28. The normalized spacial score (nSPS) is 15.2. The van der Waals surface area contributed by atoms with Crippen LogP contribution >= 0.6 is 0 Å². The van der Waals surface area contributed by atoms with Crippen molar-refractivity contribution in [2.45, 2.75) is 38.2 Å². The number of hydrogen-bond acceptors (Lipinski definition) is 4. The second-order valence-electron chi connectivity index (χ2n) is 5.33. The van der Waals surface area contributed by atoms with Crippen molar-refractivity contribution in [2.24, 2.45) is 0 Å². The van der Waals surface area contributed by atoms with Crippen LogP contribution in [0.2, 0.25) is 0 Å². The Kier molecular flexibility index (Phi) is 3.90. The molecule has 1 fully saturated rings. The number of aromatic hydroxyl groups is 1. The Bertz CT molecular complexity index is 661. The van der Waals surface area contributed by atoms with Gasteiger partial charge in [-0.15, -0.1) is 0 Å². The van der Waals surface area contributed by atoms with E-state index in [0.29, 0.717) is 17.1 Å². The van der Waals surface area contributed by atoms with E-state index in [9.17, 15) is 9.90 Å². The quantitative estimate of drug-likeness (QED) is 0.906. The van der Waals surface area contributed by atoms with Gasteiger partial charge in [0.2, 0.25) is 5.88 Å². The molecule has 0 saturated heterocycles. The number of nitrogens with zero attached hydrogens (tertiary/aromatic N) is 1. The van der Waals surface area contributed by atoms with E-state index in [2.05, 4.69) is 9.97 Å². The van der Waals surface area contributed by atoms with Crippen LogP contribution in [0.25, 0.3) is 0 Å². The number of benzene rings is 1. The summed E-state index contributed by atoms with van der Waals surface area (Å²) in [5.41, 5.74) is 0.178. The van der Waals surface area contributed by atoms with Crippen LogP contribution in [0.5, 0.6) is 11.6 Å². The topological polar surface area (TPSA) is 75.2 Å². The van der Waals surface area contributed by atoms with E-state index in [-0.39, 0.29) is 24.0 Å². The number of aromatic nitrogens is 2. The van der Waals surface area contributed by atoms with Gasteiger partial charge in [-0.2, -0.15) is 4.98 Å². The molecule has 0 unspecified atom stereocenters. The first-order chi connectivity index (χ1) is 10.2. The molecule has 2 aromatic rings.